The molecule has 3 N–H and O–H groups in total. The third-order valence-corrected chi connectivity index (χ3v) is 6.91. The van der Waals surface area contributed by atoms with Crippen LogP contribution in [0.4, 0.5) is 39.5 Å². The van der Waals surface area contributed by atoms with Gasteiger partial charge in [0.2, 0.25) is 11.8 Å². The molecule has 1 fully saturated rings. The lowest BCUT2D eigenvalue weighted by Crippen LogP contribution is -2.38. The molecular formula is C24H23F9N6O3. The number of H-pyrrole nitrogens is 1. The first-order valence-corrected chi connectivity index (χ1v) is 12.5. The second-order valence-electron chi connectivity index (χ2n) is 10.0. The van der Waals surface area contributed by atoms with E-state index in [1.54, 1.807) is 0 Å². The van der Waals surface area contributed by atoms with Gasteiger partial charge >= 0.3 is 12.4 Å². The molecule has 230 valence electrons. The van der Waals surface area contributed by atoms with Crippen LogP contribution in [0, 0.1) is 18.7 Å². The average molecular weight is 614 g/mol. The van der Waals surface area contributed by atoms with Crippen molar-refractivity contribution in [1.82, 2.24) is 30.9 Å². The van der Waals surface area contributed by atoms with Crippen LogP contribution in [-0.4, -0.2) is 56.9 Å². The zero-order valence-electron chi connectivity index (χ0n) is 21.6. The van der Waals surface area contributed by atoms with Crippen LogP contribution in [0.1, 0.15) is 71.6 Å². The minimum atomic E-state index is -5.05. The number of amides is 2. The molecule has 2 heterocycles. The maximum absolute atomic E-state index is 15.6. The van der Waals surface area contributed by atoms with Crippen LogP contribution < -0.4 is 10.6 Å². The molecule has 0 aliphatic heterocycles. The Balaban J connectivity index is 1.71. The Labute approximate surface area is 230 Å². The number of carbonyl (C=O) groups is 2. The molecule has 3 aromatic rings. The molecule has 0 unspecified atom stereocenters. The molecule has 42 heavy (non-hydrogen) atoms. The van der Waals surface area contributed by atoms with Crippen molar-refractivity contribution in [3.05, 3.63) is 40.7 Å². The Morgan fingerprint density at radius 2 is 1.76 bits per heavy atom. The summed E-state index contributed by atoms with van der Waals surface area (Å²) >= 11 is 0. The Morgan fingerprint density at radius 3 is 2.33 bits per heavy atom. The molecule has 1 saturated carbocycles. The Hall–Kier alpha value is -3.86. The molecular weight excluding hydrogens is 591 g/mol. The quantitative estimate of drug-likeness (QED) is 0.292. The first-order valence-electron chi connectivity index (χ1n) is 12.5. The van der Waals surface area contributed by atoms with Gasteiger partial charge in [0.25, 0.3) is 5.91 Å². The van der Waals surface area contributed by atoms with E-state index in [-0.39, 0.29) is 35.6 Å². The van der Waals surface area contributed by atoms with E-state index >= 15 is 4.39 Å². The highest BCUT2D eigenvalue weighted by Crippen LogP contribution is 2.42. The first kappa shape index (κ1) is 31.1. The van der Waals surface area contributed by atoms with E-state index in [9.17, 15) is 44.7 Å². The van der Waals surface area contributed by atoms with Crippen molar-refractivity contribution in [3.63, 3.8) is 0 Å². The van der Waals surface area contributed by atoms with Gasteiger partial charge < -0.3 is 15.6 Å². The second kappa shape index (κ2) is 11.4. The number of aromatic nitrogens is 4. The number of aromatic amines is 1. The number of carbonyl (C=O) groups excluding carboxylic acids is 2. The smallest absolute Gasteiger partial charge is 0.346 e. The van der Waals surface area contributed by atoms with Crippen molar-refractivity contribution in [3.8, 4) is 0 Å². The number of alkyl halides is 8. The topological polar surface area (TPSA) is 126 Å². The molecule has 4 rings (SSSR count). The summed E-state index contributed by atoms with van der Waals surface area (Å²) in [7, 11) is 0. The van der Waals surface area contributed by atoms with Gasteiger partial charge in [-0.3, -0.25) is 9.59 Å². The standard InChI is InChI=1S/C24H23F9N6O3/c1-10-16(39-42-38-10)21(41)37-17(11-4-6-22(26,27)7-5-11)19-35-14-3-2-12(15(25)18(14)36-19)13(8-23(28,29)30)20(40)34-9-24(31,32)33/h2-3,11,13,17H,4-9H2,1H3,(H,34,40)(H,35,36)(H,37,41)/t13-,17+/m1/s1. The van der Waals surface area contributed by atoms with Crippen LogP contribution in [0.25, 0.3) is 11.0 Å². The fraction of sp³-hybridized carbons (Fsp3) is 0.542. The van der Waals surface area contributed by atoms with E-state index in [0.29, 0.717) is 0 Å². The highest BCUT2D eigenvalue weighted by atomic mass is 19.4. The van der Waals surface area contributed by atoms with E-state index in [4.69, 9.17) is 0 Å². The van der Waals surface area contributed by atoms with E-state index < -0.39 is 90.7 Å². The number of benzene rings is 1. The summed E-state index contributed by atoms with van der Waals surface area (Å²) in [6.45, 7) is -0.513. The number of nitrogens with one attached hydrogen (secondary N) is 3. The zero-order valence-corrected chi connectivity index (χ0v) is 21.6. The number of aryl methyl sites for hydroxylation is 1. The van der Waals surface area contributed by atoms with Crippen molar-refractivity contribution in [2.45, 2.75) is 69.3 Å². The van der Waals surface area contributed by atoms with Gasteiger partial charge in [0.15, 0.2) is 11.5 Å². The third-order valence-electron chi connectivity index (χ3n) is 6.91. The van der Waals surface area contributed by atoms with Crippen molar-refractivity contribution in [2.75, 3.05) is 6.54 Å². The summed E-state index contributed by atoms with van der Waals surface area (Å²) in [6.07, 6.45) is -13.1. The molecule has 1 aromatic carbocycles. The van der Waals surface area contributed by atoms with E-state index in [1.165, 1.54) is 12.2 Å². The van der Waals surface area contributed by atoms with E-state index in [1.807, 2.05) is 0 Å². The summed E-state index contributed by atoms with van der Waals surface area (Å²) < 4.78 is 125. The number of hydrogen-bond donors (Lipinski definition) is 3. The normalized spacial score (nSPS) is 17.7. The predicted molar refractivity (Wildman–Crippen MR) is 125 cm³/mol. The fourth-order valence-corrected chi connectivity index (χ4v) is 4.83. The second-order valence-corrected chi connectivity index (χ2v) is 10.0. The molecule has 2 atom stereocenters. The van der Waals surface area contributed by atoms with Gasteiger partial charge in [-0.2, -0.15) is 26.3 Å². The van der Waals surface area contributed by atoms with Crippen LogP contribution in [0.3, 0.4) is 0 Å². The van der Waals surface area contributed by atoms with Crippen LogP contribution in [0.2, 0.25) is 0 Å². The van der Waals surface area contributed by atoms with Gasteiger partial charge in [0, 0.05) is 18.4 Å². The van der Waals surface area contributed by atoms with Crippen molar-refractivity contribution in [1.29, 1.82) is 0 Å². The van der Waals surface area contributed by atoms with E-state index in [2.05, 4.69) is 30.2 Å². The molecule has 0 bridgehead atoms. The van der Waals surface area contributed by atoms with Gasteiger partial charge in [-0.1, -0.05) is 11.2 Å². The zero-order chi connectivity index (χ0) is 31.0. The number of rotatable bonds is 8. The molecule has 2 amide bonds. The van der Waals surface area contributed by atoms with Crippen LogP contribution >= 0.6 is 0 Å². The number of nitrogens with zero attached hydrogens (tertiary/aromatic N) is 3. The summed E-state index contributed by atoms with van der Waals surface area (Å²) in [5.41, 5.74) is -1.63. The number of fused-ring (bicyclic) bond motifs is 1. The molecule has 2 aromatic heterocycles. The summed E-state index contributed by atoms with van der Waals surface area (Å²) in [5, 5.41) is 10.9. The van der Waals surface area contributed by atoms with Crippen LogP contribution in [-0.2, 0) is 4.79 Å². The largest absolute Gasteiger partial charge is 0.405 e. The van der Waals surface area contributed by atoms with Crippen molar-refractivity contribution >= 4 is 22.8 Å². The highest BCUT2D eigenvalue weighted by Gasteiger charge is 2.41. The highest BCUT2D eigenvalue weighted by molar-refractivity contribution is 5.93. The van der Waals surface area contributed by atoms with Crippen molar-refractivity contribution in [2.24, 2.45) is 5.92 Å². The summed E-state index contributed by atoms with van der Waals surface area (Å²) in [5.74, 6) is -10.0. The Kier molecular flexibility index (Phi) is 8.46. The minimum absolute atomic E-state index is 0.0776. The average Bonchev–Trinajstić information content (AvgIpc) is 3.51. The molecule has 18 heteroatoms. The maximum Gasteiger partial charge on any atom is 0.405 e. The SMILES string of the molecule is Cc1nonc1C(=O)N[C@H](c1nc2c(F)c([C@@H](CC(F)(F)F)C(=O)NCC(F)(F)F)ccc2[nH]1)C1CCC(F)(F)CC1. The first-order chi connectivity index (χ1) is 19.4. The maximum atomic E-state index is 15.6. The van der Waals surface area contributed by atoms with Gasteiger partial charge in [0.05, 0.1) is 23.9 Å². The number of halogens is 9. The molecule has 0 saturated heterocycles. The van der Waals surface area contributed by atoms with E-state index in [0.717, 1.165) is 12.1 Å². The van der Waals surface area contributed by atoms with Gasteiger partial charge in [0.1, 0.15) is 23.6 Å². The fourth-order valence-electron chi connectivity index (χ4n) is 4.83. The lowest BCUT2D eigenvalue weighted by atomic mass is 9.81. The van der Waals surface area contributed by atoms with Gasteiger partial charge in [-0.05, 0) is 36.9 Å². The number of imidazole rings is 1. The molecule has 1 aliphatic rings. The molecule has 0 spiro atoms. The third kappa shape index (κ3) is 7.31. The minimum Gasteiger partial charge on any atom is -0.346 e. The Morgan fingerprint density at radius 1 is 1.10 bits per heavy atom. The van der Waals surface area contributed by atoms with Gasteiger partial charge in [-0.15, -0.1) is 0 Å². The monoisotopic (exact) mass is 614 g/mol. The molecule has 1 aliphatic carbocycles. The predicted octanol–water partition coefficient (Wildman–Crippen LogP) is 5.40. The van der Waals surface area contributed by atoms with Crippen molar-refractivity contribution < 1.29 is 53.7 Å². The lowest BCUT2D eigenvalue weighted by molar-refractivity contribution is -0.152. The molecule has 0 radical (unpaired) electrons. The van der Waals surface area contributed by atoms with Crippen LogP contribution in [0.5, 0.6) is 0 Å². The Bertz CT molecular complexity index is 1440. The summed E-state index contributed by atoms with van der Waals surface area (Å²) in [4.78, 5) is 32.0. The summed E-state index contributed by atoms with van der Waals surface area (Å²) in [6, 6.07) is 0.758. The lowest BCUT2D eigenvalue weighted by Gasteiger charge is -2.33. The molecule has 9 nitrogen and oxygen atoms in total. The number of hydrogen-bond acceptors (Lipinski definition) is 6. The van der Waals surface area contributed by atoms with Crippen LogP contribution in [0.15, 0.2) is 16.8 Å². The van der Waals surface area contributed by atoms with Gasteiger partial charge in [-0.25, -0.2) is 22.8 Å².